The fourth-order valence-corrected chi connectivity index (χ4v) is 4.45. The van der Waals surface area contributed by atoms with E-state index in [2.05, 4.69) is 14.9 Å². The number of nitrogens with zero attached hydrogens (tertiary/aromatic N) is 4. The molecule has 170 valence electrons. The number of hydrogen-bond acceptors (Lipinski definition) is 10. The Labute approximate surface area is 191 Å². The molecule has 1 aliphatic rings. The standard InChI is InChI=1S/C22H28N6O3S/c1-13(31-22-25-18(23)12-19(24)26-22)20-14(2)32-21(27-20)15-5-6-16(29-3)17(11-15)30-10-9-28-7-4-8-28/h5-6,11-13H,4,7-10H2,1-3H3,(H4,23,24,25,26)/t13-/m1/s1. The highest BCUT2D eigenvalue weighted by atomic mass is 32.1. The third-order valence-electron chi connectivity index (χ3n) is 5.27. The second-order valence-corrected chi connectivity index (χ2v) is 8.83. The van der Waals surface area contributed by atoms with Crippen LogP contribution in [0.4, 0.5) is 11.6 Å². The Kier molecular flexibility index (Phi) is 6.61. The number of rotatable bonds is 9. The molecule has 0 radical (unpaired) electrons. The first kappa shape index (κ1) is 22.1. The SMILES string of the molecule is COc1ccc(-c2nc([C@@H](C)Oc3nc(N)cc(N)n3)c(C)s2)cc1OCCN1CCC1. The predicted molar refractivity (Wildman–Crippen MR) is 125 cm³/mol. The quantitative estimate of drug-likeness (QED) is 0.499. The van der Waals surface area contributed by atoms with Crippen molar-refractivity contribution in [1.82, 2.24) is 19.9 Å². The minimum absolute atomic E-state index is 0.131. The lowest BCUT2D eigenvalue weighted by Gasteiger charge is -2.30. The van der Waals surface area contributed by atoms with Crippen LogP contribution in [0.5, 0.6) is 17.5 Å². The van der Waals surface area contributed by atoms with Gasteiger partial charge in [0.15, 0.2) is 11.5 Å². The first-order chi connectivity index (χ1) is 15.4. The predicted octanol–water partition coefficient (Wildman–Crippen LogP) is 3.31. The summed E-state index contributed by atoms with van der Waals surface area (Å²) in [5, 5.41) is 0.871. The molecule has 32 heavy (non-hydrogen) atoms. The van der Waals surface area contributed by atoms with E-state index in [0.29, 0.717) is 18.1 Å². The summed E-state index contributed by atoms with van der Waals surface area (Å²) in [4.78, 5) is 16.4. The lowest BCUT2D eigenvalue weighted by Crippen LogP contribution is -2.39. The fourth-order valence-electron chi connectivity index (χ4n) is 3.45. The smallest absolute Gasteiger partial charge is 0.320 e. The van der Waals surface area contributed by atoms with E-state index in [1.54, 1.807) is 18.4 Å². The third kappa shape index (κ3) is 5.03. The number of aryl methyl sites for hydroxylation is 1. The molecule has 0 saturated carbocycles. The van der Waals surface area contributed by atoms with E-state index >= 15 is 0 Å². The van der Waals surface area contributed by atoms with Crippen molar-refractivity contribution >= 4 is 23.0 Å². The summed E-state index contributed by atoms with van der Waals surface area (Å²) in [7, 11) is 1.65. The van der Waals surface area contributed by atoms with Gasteiger partial charge in [0.1, 0.15) is 29.4 Å². The number of benzene rings is 1. The third-order valence-corrected chi connectivity index (χ3v) is 6.30. The van der Waals surface area contributed by atoms with Crippen molar-refractivity contribution in [3.63, 3.8) is 0 Å². The van der Waals surface area contributed by atoms with Crippen molar-refractivity contribution < 1.29 is 14.2 Å². The molecule has 4 N–H and O–H groups in total. The molecule has 2 aromatic heterocycles. The van der Waals surface area contributed by atoms with E-state index in [1.807, 2.05) is 32.0 Å². The maximum absolute atomic E-state index is 6.03. The molecule has 0 spiro atoms. The zero-order valence-electron chi connectivity index (χ0n) is 18.5. The average molecular weight is 457 g/mol. The number of likely N-dealkylation sites (tertiary alicyclic amines) is 1. The van der Waals surface area contributed by atoms with Crippen LogP contribution in [0.25, 0.3) is 10.6 Å². The zero-order chi connectivity index (χ0) is 22.7. The zero-order valence-corrected chi connectivity index (χ0v) is 19.3. The van der Waals surface area contributed by atoms with E-state index in [9.17, 15) is 0 Å². The van der Waals surface area contributed by atoms with Crippen molar-refractivity contribution in [2.24, 2.45) is 0 Å². The van der Waals surface area contributed by atoms with Crippen LogP contribution in [0, 0.1) is 6.92 Å². The van der Waals surface area contributed by atoms with Gasteiger partial charge < -0.3 is 25.7 Å². The highest BCUT2D eigenvalue weighted by Gasteiger charge is 2.20. The molecule has 0 aliphatic carbocycles. The largest absolute Gasteiger partial charge is 0.493 e. The van der Waals surface area contributed by atoms with E-state index < -0.39 is 0 Å². The Morgan fingerprint density at radius 1 is 1.09 bits per heavy atom. The summed E-state index contributed by atoms with van der Waals surface area (Å²) < 4.78 is 17.4. The van der Waals surface area contributed by atoms with Crippen molar-refractivity contribution in [2.45, 2.75) is 26.4 Å². The highest BCUT2D eigenvalue weighted by molar-refractivity contribution is 7.15. The number of methoxy groups -OCH3 is 1. The second-order valence-electron chi connectivity index (χ2n) is 7.63. The normalized spacial score (nSPS) is 14.6. The van der Waals surface area contributed by atoms with Gasteiger partial charge in [-0.15, -0.1) is 11.3 Å². The van der Waals surface area contributed by atoms with E-state index in [1.165, 1.54) is 12.5 Å². The van der Waals surface area contributed by atoms with Gasteiger partial charge in [0.2, 0.25) is 0 Å². The lowest BCUT2D eigenvalue weighted by atomic mass is 10.2. The van der Waals surface area contributed by atoms with Crippen LogP contribution < -0.4 is 25.7 Å². The molecular formula is C22H28N6O3S. The molecule has 0 unspecified atom stereocenters. The van der Waals surface area contributed by atoms with Crippen LogP contribution in [0.1, 0.15) is 30.0 Å². The first-order valence-corrected chi connectivity index (χ1v) is 11.3. The van der Waals surface area contributed by atoms with Crippen LogP contribution in [-0.4, -0.2) is 53.2 Å². The van der Waals surface area contributed by atoms with Gasteiger partial charge >= 0.3 is 6.01 Å². The Morgan fingerprint density at radius 2 is 1.84 bits per heavy atom. The van der Waals surface area contributed by atoms with Gasteiger partial charge in [-0.3, -0.25) is 4.90 Å². The van der Waals surface area contributed by atoms with Gasteiger partial charge in [-0.2, -0.15) is 9.97 Å². The molecule has 1 saturated heterocycles. The maximum Gasteiger partial charge on any atom is 0.320 e. The van der Waals surface area contributed by atoms with Gasteiger partial charge in [-0.1, -0.05) is 0 Å². The van der Waals surface area contributed by atoms with Crippen LogP contribution in [0.3, 0.4) is 0 Å². The van der Waals surface area contributed by atoms with Gasteiger partial charge in [-0.05, 0) is 51.6 Å². The molecule has 0 bridgehead atoms. The Balaban J connectivity index is 1.51. The summed E-state index contributed by atoms with van der Waals surface area (Å²) in [5.74, 6) is 1.94. The number of nitrogen functional groups attached to an aromatic ring is 2. The van der Waals surface area contributed by atoms with Gasteiger partial charge in [0.25, 0.3) is 0 Å². The molecular weight excluding hydrogens is 428 g/mol. The molecule has 10 heteroatoms. The summed E-state index contributed by atoms with van der Waals surface area (Å²) in [5.41, 5.74) is 13.2. The van der Waals surface area contributed by atoms with Crippen molar-refractivity contribution in [2.75, 3.05) is 44.8 Å². The average Bonchev–Trinajstić information content (AvgIpc) is 3.10. The molecule has 9 nitrogen and oxygen atoms in total. The minimum atomic E-state index is -0.369. The van der Waals surface area contributed by atoms with Crippen LogP contribution in [0.2, 0.25) is 0 Å². The Morgan fingerprint density at radius 3 is 2.50 bits per heavy atom. The monoisotopic (exact) mass is 456 g/mol. The molecule has 1 atom stereocenters. The van der Waals surface area contributed by atoms with Crippen molar-refractivity contribution in [3.8, 4) is 28.1 Å². The molecule has 1 aliphatic heterocycles. The van der Waals surface area contributed by atoms with E-state index in [4.69, 9.17) is 30.7 Å². The molecule has 3 aromatic rings. The Bertz CT molecular complexity index is 1070. The van der Waals surface area contributed by atoms with Gasteiger partial charge in [0, 0.05) is 23.1 Å². The van der Waals surface area contributed by atoms with E-state index in [0.717, 1.165) is 40.8 Å². The highest BCUT2D eigenvalue weighted by Crippen LogP contribution is 2.36. The number of ether oxygens (including phenoxy) is 3. The maximum atomic E-state index is 6.03. The first-order valence-electron chi connectivity index (χ1n) is 10.5. The molecule has 0 amide bonds. The molecule has 3 heterocycles. The van der Waals surface area contributed by atoms with Gasteiger partial charge in [0.05, 0.1) is 12.8 Å². The number of hydrogen-bond donors (Lipinski definition) is 2. The molecule has 4 rings (SSSR count). The van der Waals surface area contributed by atoms with E-state index in [-0.39, 0.29) is 23.8 Å². The lowest BCUT2D eigenvalue weighted by molar-refractivity contribution is 0.145. The molecule has 1 aromatic carbocycles. The van der Waals surface area contributed by atoms with Crippen molar-refractivity contribution in [1.29, 1.82) is 0 Å². The van der Waals surface area contributed by atoms with Crippen molar-refractivity contribution in [3.05, 3.63) is 34.8 Å². The fraction of sp³-hybridized carbons (Fsp3) is 0.409. The number of aromatic nitrogens is 3. The summed E-state index contributed by atoms with van der Waals surface area (Å²) in [6.07, 6.45) is 0.899. The van der Waals surface area contributed by atoms with Crippen LogP contribution in [0.15, 0.2) is 24.3 Å². The van der Waals surface area contributed by atoms with Crippen LogP contribution in [-0.2, 0) is 0 Å². The summed E-state index contributed by atoms with van der Waals surface area (Å²) >= 11 is 1.59. The van der Waals surface area contributed by atoms with Gasteiger partial charge in [-0.25, -0.2) is 4.98 Å². The minimum Gasteiger partial charge on any atom is -0.493 e. The summed E-state index contributed by atoms with van der Waals surface area (Å²) in [6, 6.07) is 7.48. The number of anilines is 2. The van der Waals surface area contributed by atoms with Crippen LogP contribution >= 0.6 is 11.3 Å². The second kappa shape index (κ2) is 9.58. The Hall–Kier alpha value is -3.11. The topological polar surface area (TPSA) is 122 Å². The summed E-state index contributed by atoms with van der Waals surface area (Å²) in [6.45, 7) is 7.74. The number of thiazole rings is 1. The number of nitrogens with two attached hydrogens (primary N) is 2. The molecule has 1 fully saturated rings.